The van der Waals surface area contributed by atoms with E-state index in [0.29, 0.717) is 0 Å². The van der Waals surface area contributed by atoms with Crippen LogP contribution in [0.5, 0.6) is 0 Å². The van der Waals surface area contributed by atoms with Gasteiger partial charge >= 0.3 is 18.0 Å². The van der Waals surface area contributed by atoms with Gasteiger partial charge in [-0.2, -0.15) is 0 Å². The molecule has 0 aliphatic carbocycles. The molecule has 0 aromatic carbocycles. The SMILES string of the molecule is CC1(C)OC(=O)C(=CNNC(N)=O)C(=O)O1. The van der Waals surface area contributed by atoms with E-state index in [1.54, 1.807) is 0 Å². The number of esters is 2. The van der Waals surface area contributed by atoms with Gasteiger partial charge in [-0.1, -0.05) is 0 Å². The molecule has 0 bridgehead atoms. The van der Waals surface area contributed by atoms with Crippen LogP contribution < -0.4 is 16.6 Å². The molecule has 2 amide bonds. The number of hydrazine groups is 1. The molecule has 1 aliphatic rings. The molecular weight excluding hydrogens is 218 g/mol. The number of ether oxygens (including phenoxy) is 2. The number of hydrogen-bond acceptors (Lipinski definition) is 6. The zero-order chi connectivity index (χ0) is 12.3. The van der Waals surface area contributed by atoms with E-state index < -0.39 is 23.8 Å². The van der Waals surface area contributed by atoms with Gasteiger partial charge in [0, 0.05) is 20.0 Å². The van der Waals surface area contributed by atoms with Crippen molar-refractivity contribution in [2.24, 2.45) is 5.73 Å². The van der Waals surface area contributed by atoms with E-state index in [1.807, 2.05) is 5.43 Å². The summed E-state index contributed by atoms with van der Waals surface area (Å²) >= 11 is 0. The lowest BCUT2D eigenvalue weighted by Gasteiger charge is -2.29. The van der Waals surface area contributed by atoms with E-state index in [4.69, 9.17) is 15.2 Å². The Labute approximate surface area is 90.7 Å². The summed E-state index contributed by atoms with van der Waals surface area (Å²) in [6.07, 6.45) is 0.935. The van der Waals surface area contributed by atoms with Crippen LogP contribution in [0.3, 0.4) is 0 Å². The molecule has 1 rings (SSSR count). The molecule has 0 saturated carbocycles. The minimum absolute atomic E-state index is 0.368. The molecule has 8 nitrogen and oxygen atoms in total. The van der Waals surface area contributed by atoms with Crippen LogP contribution in [-0.4, -0.2) is 23.8 Å². The number of rotatable bonds is 2. The second-order valence-corrected chi connectivity index (χ2v) is 3.37. The highest BCUT2D eigenvalue weighted by molar-refractivity contribution is 6.15. The van der Waals surface area contributed by atoms with Crippen molar-refractivity contribution in [3.63, 3.8) is 0 Å². The topological polar surface area (TPSA) is 120 Å². The van der Waals surface area contributed by atoms with Crippen LogP contribution in [0.1, 0.15) is 13.8 Å². The quantitative estimate of drug-likeness (QED) is 0.239. The minimum atomic E-state index is -1.29. The minimum Gasteiger partial charge on any atom is -0.419 e. The summed E-state index contributed by atoms with van der Waals surface area (Å²) in [7, 11) is 0. The predicted octanol–water partition coefficient (Wildman–Crippen LogP) is -1.12. The first-order valence-corrected chi connectivity index (χ1v) is 4.29. The van der Waals surface area contributed by atoms with Gasteiger partial charge in [0.25, 0.3) is 5.79 Å². The molecule has 0 radical (unpaired) electrons. The molecule has 1 fully saturated rings. The summed E-state index contributed by atoms with van der Waals surface area (Å²) in [5, 5.41) is 0. The van der Waals surface area contributed by atoms with Gasteiger partial charge in [0.05, 0.1) is 0 Å². The number of primary amides is 1. The van der Waals surface area contributed by atoms with Gasteiger partial charge in [0.1, 0.15) is 0 Å². The lowest BCUT2D eigenvalue weighted by Crippen LogP contribution is -2.44. The summed E-state index contributed by atoms with van der Waals surface area (Å²) in [4.78, 5) is 32.9. The third kappa shape index (κ3) is 2.87. The monoisotopic (exact) mass is 229 g/mol. The zero-order valence-electron chi connectivity index (χ0n) is 8.70. The molecule has 1 aliphatic heterocycles. The average Bonchev–Trinajstić information content (AvgIpc) is 2.07. The lowest BCUT2D eigenvalue weighted by molar-refractivity contribution is -0.222. The maximum Gasteiger partial charge on any atom is 0.350 e. The molecule has 0 atom stereocenters. The number of cyclic esters (lactones) is 2. The van der Waals surface area contributed by atoms with Crippen molar-refractivity contribution in [1.29, 1.82) is 0 Å². The van der Waals surface area contributed by atoms with E-state index in [1.165, 1.54) is 13.8 Å². The van der Waals surface area contributed by atoms with Gasteiger partial charge < -0.3 is 20.6 Å². The van der Waals surface area contributed by atoms with Gasteiger partial charge in [-0.15, -0.1) is 0 Å². The second-order valence-electron chi connectivity index (χ2n) is 3.37. The Bertz CT molecular complexity index is 352. The van der Waals surface area contributed by atoms with Crippen molar-refractivity contribution < 1.29 is 23.9 Å². The Hall–Kier alpha value is -2.25. The van der Waals surface area contributed by atoms with Gasteiger partial charge in [0.15, 0.2) is 5.57 Å². The molecule has 4 N–H and O–H groups in total. The molecule has 0 spiro atoms. The van der Waals surface area contributed by atoms with Crippen molar-refractivity contribution in [2.45, 2.75) is 19.6 Å². The molecule has 0 aromatic heterocycles. The molecular formula is C8H11N3O5. The number of carbonyl (C=O) groups is 3. The summed E-state index contributed by atoms with van der Waals surface area (Å²) < 4.78 is 9.56. The number of hydrogen-bond donors (Lipinski definition) is 3. The van der Waals surface area contributed by atoms with Gasteiger partial charge in [-0.3, -0.25) is 5.43 Å². The van der Waals surface area contributed by atoms with Crippen molar-refractivity contribution >= 4 is 18.0 Å². The lowest BCUT2D eigenvalue weighted by atomic mass is 10.2. The molecule has 0 unspecified atom stereocenters. The molecule has 1 saturated heterocycles. The van der Waals surface area contributed by atoms with E-state index in [-0.39, 0.29) is 5.57 Å². The van der Waals surface area contributed by atoms with Crippen molar-refractivity contribution in [3.8, 4) is 0 Å². The Kier molecular flexibility index (Phi) is 3.02. The molecule has 1 heterocycles. The normalized spacial score (nSPS) is 18.2. The molecule has 88 valence electrons. The van der Waals surface area contributed by atoms with Crippen LogP contribution in [0.4, 0.5) is 4.79 Å². The Balaban J connectivity index is 2.71. The van der Waals surface area contributed by atoms with Crippen LogP contribution in [-0.2, 0) is 19.1 Å². The van der Waals surface area contributed by atoms with Crippen LogP contribution in [0, 0.1) is 0 Å². The van der Waals surface area contributed by atoms with Crippen LogP contribution in [0.2, 0.25) is 0 Å². The van der Waals surface area contributed by atoms with Crippen LogP contribution >= 0.6 is 0 Å². The summed E-state index contributed by atoms with van der Waals surface area (Å²) in [6.45, 7) is 2.85. The van der Waals surface area contributed by atoms with E-state index in [2.05, 4.69) is 5.43 Å². The first-order chi connectivity index (χ1) is 7.32. The highest BCUT2D eigenvalue weighted by Gasteiger charge is 2.38. The first kappa shape index (κ1) is 11.8. The van der Waals surface area contributed by atoms with E-state index >= 15 is 0 Å². The van der Waals surface area contributed by atoms with E-state index in [0.717, 1.165) is 6.20 Å². The summed E-state index contributed by atoms with van der Waals surface area (Å²) in [6, 6.07) is -0.866. The maximum atomic E-state index is 11.3. The predicted molar refractivity (Wildman–Crippen MR) is 50.2 cm³/mol. The largest absolute Gasteiger partial charge is 0.419 e. The first-order valence-electron chi connectivity index (χ1n) is 4.29. The van der Waals surface area contributed by atoms with Crippen molar-refractivity contribution in [2.75, 3.05) is 0 Å². The standard InChI is InChI=1S/C8H11N3O5/c1-8(2)15-5(12)4(6(13)16-8)3-10-11-7(9)14/h3,10H,1-2H3,(H3,9,11,14). The maximum absolute atomic E-state index is 11.3. The summed E-state index contributed by atoms with van der Waals surface area (Å²) in [5.74, 6) is -2.98. The number of nitrogens with one attached hydrogen (secondary N) is 2. The smallest absolute Gasteiger partial charge is 0.350 e. The molecule has 8 heteroatoms. The Morgan fingerprint density at radius 1 is 1.31 bits per heavy atom. The highest BCUT2D eigenvalue weighted by Crippen LogP contribution is 2.21. The fourth-order valence-electron chi connectivity index (χ4n) is 0.958. The number of nitrogens with two attached hydrogens (primary N) is 1. The number of amides is 2. The molecule has 16 heavy (non-hydrogen) atoms. The number of carbonyl (C=O) groups excluding carboxylic acids is 3. The summed E-state index contributed by atoms with van der Waals surface area (Å²) in [5.41, 5.74) is 8.48. The average molecular weight is 229 g/mol. The Morgan fingerprint density at radius 3 is 2.25 bits per heavy atom. The fourth-order valence-corrected chi connectivity index (χ4v) is 0.958. The van der Waals surface area contributed by atoms with Crippen molar-refractivity contribution in [1.82, 2.24) is 10.9 Å². The van der Waals surface area contributed by atoms with Crippen molar-refractivity contribution in [3.05, 3.63) is 11.8 Å². The zero-order valence-corrected chi connectivity index (χ0v) is 8.70. The second kappa shape index (κ2) is 4.09. The highest BCUT2D eigenvalue weighted by atomic mass is 16.7. The van der Waals surface area contributed by atoms with E-state index in [9.17, 15) is 14.4 Å². The Morgan fingerprint density at radius 2 is 1.81 bits per heavy atom. The third-order valence-corrected chi connectivity index (χ3v) is 1.53. The van der Waals surface area contributed by atoms with Gasteiger partial charge in [0.2, 0.25) is 0 Å². The third-order valence-electron chi connectivity index (χ3n) is 1.53. The number of urea groups is 1. The van der Waals surface area contributed by atoms with Crippen LogP contribution in [0.25, 0.3) is 0 Å². The van der Waals surface area contributed by atoms with Gasteiger partial charge in [-0.25, -0.2) is 14.4 Å². The van der Waals surface area contributed by atoms with Gasteiger partial charge in [-0.05, 0) is 0 Å². The molecule has 0 aromatic rings. The fraction of sp³-hybridized carbons (Fsp3) is 0.375. The van der Waals surface area contributed by atoms with Crippen LogP contribution in [0.15, 0.2) is 11.8 Å².